The Morgan fingerprint density at radius 3 is 2.63 bits per heavy atom. The zero-order valence-electron chi connectivity index (χ0n) is 11.5. The maximum atomic E-state index is 5.08. The summed E-state index contributed by atoms with van der Waals surface area (Å²) in [6.45, 7) is 4.82. The number of rotatable bonds is 6. The van der Waals surface area contributed by atoms with Crippen molar-refractivity contribution in [3.63, 3.8) is 0 Å². The second kappa shape index (κ2) is 6.73. The van der Waals surface area contributed by atoms with E-state index in [1.165, 1.54) is 10.5 Å². The molecule has 2 rings (SSSR count). The van der Waals surface area contributed by atoms with E-state index < -0.39 is 0 Å². The predicted octanol–water partition coefficient (Wildman–Crippen LogP) is 2.99. The molecule has 0 aliphatic carbocycles. The zero-order valence-corrected chi connectivity index (χ0v) is 12.3. The van der Waals surface area contributed by atoms with E-state index in [1.807, 2.05) is 6.92 Å². The van der Waals surface area contributed by atoms with E-state index in [0.29, 0.717) is 17.8 Å². The third kappa shape index (κ3) is 4.08. The standard InChI is InChI=1S/C14H19N3OS/c1-10(12-4-6-13(19-3)7-5-12)15-9-8-14-16-11(2)17-18-14/h4-7,10,15H,8-9H2,1-3H3. The van der Waals surface area contributed by atoms with Crippen molar-refractivity contribution in [3.05, 3.63) is 41.5 Å². The van der Waals surface area contributed by atoms with Crippen LogP contribution in [0.4, 0.5) is 0 Å². The monoisotopic (exact) mass is 277 g/mol. The van der Waals surface area contributed by atoms with E-state index in [1.54, 1.807) is 11.8 Å². The Bertz CT molecular complexity index is 510. The highest BCUT2D eigenvalue weighted by Gasteiger charge is 2.06. The summed E-state index contributed by atoms with van der Waals surface area (Å²) in [4.78, 5) is 5.47. The molecule has 4 nitrogen and oxygen atoms in total. The number of nitrogens with one attached hydrogen (secondary N) is 1. The topological polar surface area (TPSA) is 51.0 Å². The molecule has 1 aromatic heterocycles. The summed E-state index contributed by atoms with van der Waals surface area (Å²) in [6, 6.07) is 8.96. The second-order valence-electron chi connectivity index (χ2n) is 4.43. The fourth-order valence-electron chi connectivity index (χ4n) is 1.85. The Labute approximate surface area is 118 Å². The molecule has 0 bridgehead atoms. The van der Waals surface area contributed by atoms with Gasteiger partial charge in [0.05, 0.1) is 0 Å². The van der Waals surface area contributed by atoms with E-state index in [-0.39, 0.29) is 0 Å². The van der Waals surface area contributed by atoms with Crippen molar-refractivity contribution in [1.82, 2.24) is 15.5 Å². The fraction of sp³-hybridized carbons (Fsp3) is 0.429. The molecule has 0 aliphatic heterocycles. The van der Waals surface area contributed by atoms with Crippen LogP contribution in [0.25, 0.3) is 0 Å². The SMILES string of the molecule is CSc1ccc(C(C)NCCc2nc(C)no2)cc1. The zero-order chi connectivity index (χ0) is 13.7. The van der Waals surface area contributed by atoms with E-state index in [4.69, 9.17) is 4.52 Å². The minimum Gasteiger partial charge on any atom is -0.339 e. The van der Waals surface area contributed by atoms with Crippen LogP contribution in [0.1, 0.15) is 30.2 Å². The molecule has 0 radical (unpaired) electrons. The summed E-state index contributed by atoms with van der Waals surface area (Å²) in [5.41, 5.74) is 1.29. The molecule has 0 spiro atoms. The van der Waals surface area contributed by atoms with Gasteiger partial charge in [-0.15, -0.1) is 11.8 Å². The first kappa shape index (κ1) is 14.1. The second-order valence-corrected chi connectivity index (χ2v) is 5.31. The molecular weight excluding hydrogens is 258 g/mol. The van der Waals surface area contributed by atoms with Crippen LogP contribution in [0.15, 0.2) is 33.7 Å². The first-order valence-corrected chi connectivity index (χ1v) is 7.58. The molecule has 0 aliphatic rings. The number of hydrogen-bond donors (Lipinski definition) is 1. The molecule has 1 unspecified atom stereocenters. The smallest absolute Gasteiger partial charge is 0.227 e. The normalized spacial score (nSPS) is 12.6. The van der Waals surface area contributed by atoms with Crippen molar-refractivity contribution in [3.8, 4) is 0 Å². The maximum absolute atomic E-state index is 5.08. The van der Waals surface area contributed by atoms with Gasteiger partial charge in [-0.1, -0.05) is 17.3 Å². The Kier molecular flexibility index (Phi) is 4.99. The molecule has 0 amide bonds. The summed E-state index contributed by atoms with van der Waals surface area (Å²) < 4.78 is 5.08. The number of thioether (sulfide) groups is 1. The summed E-state index contributed by atoms with van der Waals surface area (Å²) in [5, 5.41) is 7.23. The van der Waals surface area contributed by atoms with Crippen molar-refractivity contribution in [1.29, 1.82) is 0 Å². The Morgan fingerprint density at radius 2 is 2.05 bits per heavy atom. The largest absolute Gasteiger partial charge is 0.339 e. The number of aromatic nitrogens is 2. The number of aryl methyl sites for hydroxylation is 1. The first-order valence-electron chi connectivity index (χ1n) is 6.35. The lowest BCUT2D eigenvalue weighted by Gasteiger charge is -2.13. The van der Waals surface area contributed by atoms with E-state index in [2.05, 4.69) is 52.9 Å². The van der Waals surface area contributed by atoms with Gasteiger partial charge in [-0.3, -0.25) is 0 Å². The van der Waals surface area contributed by atoms with Crippen LogP contribution in [0.5, 0.6) is 0 Å². The third-order valence-corrected chi connectivity index (χ3v) is 3.72. The summed E-state index contributed by atoms with van der Waals surface area (Å²) >= 11 is 1.76. The molecule has 0 saturated heterocycles. The van der Waals surface area contributed by atoms with Crippen molar-refractivity contribution in [2.75, 3.05) is 12.8 Å². The quantitative estimate of drug-likeness (QED) is 0.823. The minimum absolute atomic E-state index is 0.319. The van der Waals surface area contributed by atoms with E-state index >= 15 is 0 Å². The highest BCUT2D eigenvalue weighted by molar-refractivity contribution is 7.98. The lowest BCUT2D eigenvalue weighted by atomic mass is 10.1. The molecule has 1 heterocycles. The number of hydrogen-bond acceptors (Lipinski definition) is 5. The van der Waals surface area contributed by atoms with Crippen molar-refractivity contribution in [2.45, 2.75) is 31.2 Å². The Hall–Kier alpha value is -1.33. The molecule has 2 aromatic rings. The Balaban J connectivity index is 1.81. The molecule has 19 heavy (non-hydrogen) atoms. The highest BCUT2D eigenvalue weighted by atomic mass is 32.2. The van der Waals surface area contributed by atoms with Crippen molar-refractivity contribution >= 4 is 11.8 Å². The van der Waals surface area contributed by atoms with Gasteiger partial charge in [-0.2, -0.15) is 4.98 Å². The van der Waals surface area contributed by atoms with Gasteiger partial charge in [-0.25, -0.2) is 0 Å². The molecule has 0 saturated carbocycles. The average molecular weight is 277 g/mol. The average Bonchev–Trinajstić information content (AvgIpc) is 2.84. The molecule has 102 valence electrons. The van der Waals surface area contributed by atoms with Crippen LogP contribution in [0.2, 0.25) is 0 Å². The van der Waals surface area contributed by atoms with Gasteiger partial charge >= 0.3 is 0 Å². The van der Waals surface area contributed by atoms with Gasteiger partial charge < -0.3 is 9.84 Å². The highest BCUT2D eigenvalue weighted by Crippen LogP contribution is 2.18. The third-order valence-electron chi connectivity index (χ3n) is 2.97. The minimum atomic E-state index is 0.319. The van der Waals surface area contributed by atoms with Crippen LogP contribution < -0.4 is 5.32 Å². The molecule has 0 fully saturated rings. The van der Waals surface area contributed by atoms with Crippen molar-refractivity contribution < 1.29 is 4.52 Å². The van der Waals surface area contributed by atoms with Gasteiger partial charge in [0.25, 0.3) is 0 Å². The van der Waals surface area contributed by atoms with Crippen LogP contribution in [0.3, 0.4) is 0 Å². The van der Waals surface area contributed by atoms with E-state index in [9.17, 15) is 0 Å². The van der Waals surface area contributed by atoms with Gasteiger partial charge in [0.15, 0.2) is 5.82 Å². The molecule has 1 atom stereocenters. The summed E-state index contributed by atoms with van der Waals surface area (Å²) in [5.74, 6) is 1.38. The van der Waals surface area contributed by atoms with E-state index in [0.717, 1.165) is 13.0 Å². The van der Waals surface area contributed by atoms with Gasteiger partial charge in [-0.05, 0) is 37.8 Å². The Morgan fingerprint density at radius 1 is 1.32 bits per heavy atom. The maximum Gasteiger partial charge on any atom is 0.227 e. The molecular formula is C14H19N3OS. The van der Waals surface area contributed by atoms with Gasteiger partial charge in [0.2, 0.25) is 5.89 Å². The fourth-order valence-corrected chi connectivity index (χ4v) is 2.26. The van der Waals surface area contributed by atoms with Crippen LogP contribution in [0, 0.1) is 6.92 Å². The van der Waals surface area contributed by atoms with Crippen LogP contribution >= 0.6 is 11.8 Å². The summed E-state index contributed by atoms with van der Waals surface area (Å²) in [6.07, 6.45) is 2.84. The van der Waals surface area contributed by atoms with Crippen LogP contribution in [-0.2, 0) is 6.42 Å². The van der Waals surface area contributed by atoms with Gasteiger partial charge in [0.1, 0.15) is 0 Å². The van der Waals surface area contributed by atoms with Crippen molar-refractivity contribution in [2.24, 2.45) is 0 Å². The first-order chi connectivity index (χ1) is 9.19. The summed E-state index contributed by atoms with van der Waals surface area (Å²) in [7, 11) is 0. The lowest BCUT2D eigenvalue weighted by Crippen LogP contribution is -2.21. The predicted molar refractivity (Wildman–Crippen MR) is 77.4 cm³/mol. The molecule has 1 N–H and O–H groups in total. The number of nitrogens with zero attached hydrogens (tertiary/aromatic N) is 2. The van der Waals surface area contributed by atoms with Gasteiger partial charge in [0, 0.05) is 23.9 Å². The molecule has 5 heteroatoms. The van der Waals surface area contributed by atoms with Crippen LogP contribution in [-0.4, -0.2) is 22.9 Å². The number of benzene rings is 1. The molecule has 1 aromatic carbocycles. The lowest BCUT2D eigenvalue weighted by molar-refractivity contribution is 0.370.